The first-order valence-electron chi connectivity index (χ1n) is 3.49. The third kappa shape index (κ3) is 1.91. The molecule has 0 aliphatic rings. The summed E-state index contributed by atoms with van der Waals surface area (Å²) in [5, 5.41) is 0. The molecule has 0 fully saturated rings. The van der Waals surface area contributed by atoms with Crippen LogP contribution in [0.25, 0.3) is 0 Å². The lowest BCUT2D eigenvalue weighted by Gasteiger charge is -2.05. The number of rotatable bonds is 2. The van der Waals surface area contributed by atoms with Crippen LogP contribution in [-0.4, -0.2) is 12.1 Å². The summed E-state index contributed by atoms with van der Waals surface area (Å²) in [6.07, 6.45) is 1.69. The molecule has 0 saturated carbocycles. The molecular formula is C8H12N2O. The molecule has 0 aliphatic heterocycles. The first-order chi connectivity index (χ1) is 5.24. The van der Waals surface area contributed by atoms with Gasteiger partial charge in [0.25, 0.3) is 0 Å². The third-order valence-corrected chi connectivity index (χ3v) is 1.49. The number of methoxy groups -OCH3 is 1. The van der Waals surface area contributed by atoms with Gasteiger partial charge < -0.3 is 10.5 Å². The van der Waals surface area contributed by atoms with Gasteiger partial charge in [0.15, 0.2) is 0 Å². The van der Waals surface area contributed by atoms with E-state index in [9.17, 15) is 0 Å². The van der Waals surface area contributed by atoms with Crippen molar-refractivity contribution in [2.24, 2.45) is 5.73 Å². The summed E-state index contributed by atoms with van der Waals surface area (Å²) < 4.78 is 4.94. The predicted molar refractivity (Wildman–Crippen MR) is 43.4 cm³/mol. The zero-order valence-corrected chi connectivity index (χ0v) is 6.74. The number of pyridine rings is 1. The molecule has 1 aromatic heterocycles. The quantitative estimate of drug-likeness (QED) is 0.690. The highest BCUT2D eigenvalue weighted by atomic mass is 16.5. The van der Waals surface area contributed by atoms with E-state index in [1.54, 1.807) is 13.3 Å². The Morgan fingerprint density at radius 1 is 1.64 bits per heavy atom. The zero-order valence-electron chi connectivity index (χ0n) is 6.74. The Kier molecular flexibility index (Phi) is 2.44. The van der Waals surface area contributed by atoms with Gasteiger partial charge in [-0.25, -0.2) is 4.98 Å². The lowest BCUT2D eigenvalue weighted by molar-refractivity contribution is 0.397. The van der Waals surface area contributed by atoms with Gasteiger partial charge in [-0.1, -0.05) is 0 Å². The maximum atomic E-state index is 5.65. The lowest BCUT2D eigenvalue weighted by atomic mass is 10.1. The standard InChI is InChI=1S/C8H12N2O/c1-6(9)7-3-4-10-8(5-7)11-2/h3-6H,9H2,1-2H3/t6-/m1/s1. The number of nitrogens with two attached hydrogens (primary N) is 1. The molecule has 2 N–H and O–H groups in total. The Bertz CT molecular complexity index is 235. The first-order valence-corrected chi connectivity index (χ1v) is 3.49. The normalized spacial score (nSPS) is 12.6. The van der Waals surface area contributed by atoms with Gasteiger partial charge in [-0.3, -0.25) is 0 Å². The van der Waals surface area contributed by atoms with Crippen molar-refractivity contribution in [1.82, 2.24) is 4.98 Å². The van der Waals surface area contributed by atoms with E-state index < -0.39 is 0 Å². The molecule has 0 spiro atoms. The van der Waals surface area contributed by atoms with Crippen molar-refractivity contribution in [3.8, 4) is 5.88 Å². The van der Waals surface area contributed by atoms with Crippen LogP contribution in [0, 0.1) is 0 Å². The Balaban J connectivity index is 2.91. The molecule has 60 valence electrons. The Hall–Kier alpha value is -1.09. The average molecular weight is 152 g/mol. The largest absolute Gasteiger partial charge is 0.481 e. The fourth-order valence-corrected chi connectivity index (χ4v) is 0.820. The van der Waals surface area contributed by atoms with Gasteiger partial charge in [-0.15, -0.1) is 0 Å². The number of hydrogen-bond donors (Lipinski definition) is 1. The summed E-state index contributed by atoms with van der Waals surface area (Å²) in [6, 6.07) is 3.75. The highest BCUT2D eigenvalue weighted by molar-refractivity contribution is 5.22. The SMILES string of the molecule is COc1cc([C@@H](C)N)ccn1. The molecule has 0 aliphatic carbocycles. The molecule has 0 aromatic carbocycles. The highest BCUT2D eigenvalue weighted by Crippen LogP contribution is 2.13. The van der Waals surface area contributed by atoms with Crippen molar-refractivity contribution in [2.45, 2.75) is 13.0 Å². The van der Waals surface area contributed by atoms with E-state index >= 15 is 0 Å². The second kappa shape index (κ2) is 3.34. The van der Waals surface area contributed by atoms with Crippen LogP contribution >= 0.6 is 0 Å². The number of nitrogens with zero attached hydrogens (tertiary/aromatic N) is 1. The number of hydrogen-bond acceptors (Lipinski definition) is 3. The Morgan fingerprint density at radius 2 is 2.36 bits per heavy atom. The van der Waals surface area contributed by atoms with Crippen molar-refractivity contribution in [3.63, 3.8) is 0 Å². The van der Waals surface area contributed by atoms with E-state index in [0.717, 1.165) is 5.56 Å². The topological polar surface area (TPSA) is 48.1 Å². The number of ether oxygens (including phenoxy) is 1. The average Bonchev–Trinajstić information content (AvgIpc) is 2.05. The van der Waals surface area contributed by atoms with E-state index in [1.165, 1.54) is 0 Å². The molecule has 11 heavy (non-hydrogen) atoms. The summed E-state index contributed by atoms with van der Waals surface area (Å²) in [7, 11) is 1.59. The molecule has 0 saturated heterocycles. The van der Waals surface area contributed by atoms with Gasteiger partial charge in [-0.05, 0) is 18.6 Å². The van der Waals surface area contributed by atoms with E-state index in [4.69, 9.17) is 10.5 Å². The van der Waals surface area contributed by atoms with E-state index in [2.05, 4.69) is 4.98 Å². The van der Waals surface area contributed by atoms with Crippen molar-refractivity contribution in [3.05, 3.63) is 23.9 Å². The molecular weight excluding hydrogens is 140 g/mol. The van der Waals surface area contributed by atoms with Crippen LogP contribution in [0.4, 0.5) is 0 Å². The van der Waals surface area contributed by atoms with Crippen molar-refractivity contribution < 1.29 is 4.74 Å². The highest BCUT2D eigenvalue weighted by Gasteiger charge is 1.99. The van der Waals surface area contributed by atoms with Gasteiger partial charge in [0, 0.05) is 18.3 Å². The maximum Gasteiger partial charge on any atom is 0.213 e. The maximum absolute atomic E-state index is 5.65. The zero-order chi connectivity index (χ0) is 8.27. The fourth-order valence-electron chi connectivity index (χ4n) is 0.820. The van der Waals surface area contributed by atoms with Crippen molar-refractivity contribution in [1.29, 1.82) is 0 Å². The van der Waals surface area contributed by atoms with Crippen LogP contribution in [0.2, 0.25) is 0 Å². The van der Waals surface area contributed by atoms with Crippen LogP contribution in [-0.2, 0) is 0 Å². The lowest BCUT2D eigenvalue weighted by Crippen LogP contribution is -2.05. The van der Waals surface area contributed by atoms with Crippen LogP contribution in [0.5, 0.6) is 5.88 Å². The molecule has 3 heteroatoms. The van der Waals surface area contributed by atoms with Crippen molar-refractivity contribution in [2.75, 3.05) is 7.11 Å². The molecule has 1 heterocycles. The Labute approximate surface area is 66.2 Å². The number of aromatic nitrogens is 1. The van der Waals surface area contributed by atoms with Gasteiger partial charge in [-0.2, -0.15) is 0 Å². The molecule has 3 nitrogen and oxygen atoms in total. The van der Waals surface area contributed by atoms with E-state index in [-0.39, 0.29) is 6.04 Å². The van der Waals surface area contributed by atoms with Crippen LogP contribution < -0.4 is 10.5 Å². The van der Waals surface area contributed by atoms with E-state index in [1.807, 2.05) is 19.1 Å². The molecule has 0 unspecified atom stereocenters. The molecule has 1 aromatic rings. The summed E-state index contributed by atoms with van der Waals surface area (Å²) in [4.78, 5) is 3.96. The van der Waals surface area contributed by atoms with Gasteiger partial charge in [0.2, 0.25) is 5.88 Å². The minimum absolute atomic E-state index is 0.0342. The second-order valence-corrected chi connectivity index (χ2v) is 2.42. The summed E-state index contributed by atoms with van der Waals surface area (Å²) in [6.45, 7) is 1.93. The van der Waals surface area contributed by atoms with Gasteiger partial charge >= 0.3 is 0 Å². The second-order valence-electron chi connectivity index (χ2n) is 2.42. The molecule has 0 radical (unpaired) electrons. The van der Waals surface area contributed by atoms with Gasteiger partial charge in [0.05, 0.1) is 7.11 Å². The van der Waals surface area contributed by atoms with Gasteiger partial charge in [0.1, 0.15) is 0 Å². The summed E-state index contributed by atoms with van der Waals surface area (Å²) in [5.74, 6) is 0.611. The first kappa shape index (κ1) is 8.01. The predicted octanol–water partition coefficient (Wildman–Crippen LogP) is 1.11. The monoisotopic (exact) mass is 152 g/mol. The summed E-state index contributed by atoms with van der Waals surface area (Å²) in [5.41, 5.74) is 6.69. The fraction of sp³-hybridized carbons (Fsp3) is 0.375. The van der Waals surface area contributed by atoms with Crippen LogP contribution in [0.1, 0.15) is 18.5 Å². The van der Waals surface area contributed by atoms with Crippen molar-refractivity contribution >= 4 is 0 Å². The molecule has 1 atom stereocenters. The van der Waals surface area contributed by atoms with E-state index in [0.29, 0.717) is 5.88 Å². The minimum atomic E-state index is 0.0342. The van der Waals surface area contributed by atoms with Crippen LogP contribution in [0.3, 0.4) is 0 Å². The Morgan fingerprint density at radius 3 is 2.91 bits per heavy atom. The van der Waals surface area contributed by atoms with Crippen LogP contribution in [0.15, 0.2) is 18.3 Å². The smallest absolute Gasteiger partial charge is 0.213 e. The molecule has 1 rings (SSSR count). The molecule has 0 bridgehead atoms. The molecule has 0 amide bonds. The third-order valence-electron chi connectivity index (χ3n) is 1.49. The summed E-state index contributed by atoms with van der Waals surface area (Å²) >= 11 is 0. The minimum Gasteiger partial charge on any atom is -0.481 e.